The number of nitrogens with zero attached hydrogens (tertiary/aromatic N) is 6. The number of hydrogen-bond acceptors (Lipinski definition) is 7. The average molecular weight is 528 g/mol. The quantitative estimate of drug-likeness (QED) is 0.334. The number of piperazine rings is 1. The van der Waals surface area contributed by atoms with Crippen molar-refractivity contribution in [1.82, 2.24) is 30.5 Å². The number of aromatic nitrogens is 3. The second kappa shape index (κ2) is 11.4. The smallest absolute Gasteiger partial charge is 0.225 e. The predicted molar refractivity (Wildman–Crippen MR) is 130 cm³/mol. The highest BCUT2D eigenvalue weighted by molar-refractivity contribution is 14.0. The largest absolute Gasteiger partial charge is 0.443 e. The van der Waals surface area contributed by atoms with Gasteiger partial charge in [-0.1, -0.05) is 20.8 Å². The highest BCUT2D eigenvalue weighted by Gasteiger charge is 2.20. The lowest BCUT2D eigenvalue weighted by Gasteiger charge is -2.34. The molecule has 0 aromatic carbocycles. The number of anilines is 1. The third-order valence-corrected chi connectivity index (χ3v) is 4.85. The van der Waals surface area contributed by atoms with Gasteiger partial charge < -0.3 is 20.0 Å². The molecule has 9 nitrogen and oxygen atoms in total. The molecule has 3 heterocycles. The molecule has 0 radical (unpaired) electrons. The van der Waals surface area contributed by atoms with Crippen molar-refractivity contribution in [3.63, 3.8) is 0 Å². The first kappa shape index (κ1) is 24.3. The zero-order valence-electron chi connectivity index (χ0n) is 18.3. The molecule has 10 heteroatoms. The van der Waals surface area contributed by atoms with Gasteiger partial charge in [-0.15, -0.1) is 24.0 Å². The van der Waals surface area contributed by atoms with Crippen LogP contribution in [0.25, 0.3) is 0 Å². The molecule has 166 valence electrons. The van der Waals surface area contributed by atoms with Gasteiger partial charge in [-0.3, -0.25) is 9.89 Å². The standard InChI is InChI=1S/C20H32N8O.HI/c1-20(2,3)16-14-25-17(29-16)15-26-18(21-4)22-8-9-27-10-12-28(13-11-27)19-23-6-5-7-24-19;/h5-7,14H,8-13,15H2,1-4H3,(H2,21,22,26);1H. The van der Waals surface area contributed by atoms with Crippen LogP contribution in [-0.2, 0) is 12.0 Å². The van der Waals surface area contributed by atoms with Crippen LogP contribution < -0.4 is 15.5 Å². The number of guanidine groups is 1. The molecule has 0 amide bonds. The first-order valence-corrected chi connectivity index (χ1v) is 10.1. The van der Waals surface area contributed by atoms with Crippen LogP contribution in [0, 0.1) is 0 Å². The lowest BCUT2D eigenvalue weighted by molar-refractivity contribution is 0.260. The third-order valence-electron chi connectivity index (χ3n) is 4.85. The zero-order valence-corrected chi connectivity index (χ0v) is 20.6. The first-order valence-electron chi connectivity index (χ1n) is 10.1. The number of nitrogens with one attached hydrogen (secondary N) is 2. The van der Waals surface area contributed by atoms with E-state index < -0.39 is 0 Å². The van der Waals surface area contributed by atoms with Crippen molar-refractivity contribution < 1.29 is 4.42 Å². The summed E-state index contributed by atoms with van der Waals surface area (Å²) in [7, 11) is 1.77. The summed E-state index contributed by atoms with van der Waals surface area (Å²) < 4.78 is 5.81. The fraction of sp³-hybridized carbons (Fsp3) is 0.600. The number of oxazole rings is 1. The summed E-state index contributed by atoms with van der Waals surface area (Å²) in [5, 5.41) is 6.61. The van der Waals surface area contributed by atoms with Crippen LogP contribution in [0.15, 0.2) is 34.1 Å². The van der Waals surface area contributed by atoms with E-state index in [0.717, 1.165) is 56.9 Å². The molecule has 0 unspecified atom stereocenters. The molecular weight excluding hydrogens is 495 g/mol. The van der Waals surface area contributed by atoms with Gasteiger partial charge in [0.05, 0.1) is 12.7 Å². The maximum Gasteiger partial charge on any atom is 0.225 e. The van der Waals surface area contributed by atoms with Gasteiger partial charge >= 0.3 is 0 Å². The van der Waals surface area contributed by atoms with E-state index in [1.807, 2.05) is 6.07 Å². The van der Waals surface area contributed by atoms with Crippen molar-refractivity contribution in [1.29, 1.82) is 0 Å². The molecule has 0 atom stereocenters. The minimum absolute atomic E-state index is 0. The number of hydrogen-bond donors (Lipinski definition) is 2. The van der Waals surface area contributed by atoms with Gasteiger partial charge in [-0.05, 0) is 6.07 Å². The first-order chi connectivity index (χ1) is 14.0. The Morgan fingerprint density at radius 1 is 1.10 bits per heavy atom. The fourth-order valence-electron chi connectivity index (χ4n) is 3.08. The molecule has 2 N–H and O–H groups in total. The Balaban J connectivity index is 0.00000320. The predicted octanol–water partition coefficient (Wildman–Crippen LogP) is 1.87. The van der Waals surface area contributed by atoms with E-state index in [0.29, 0.717) is 12.4 Å². The fourth-order valence-corrected chi connectivity index (χ4v) is 3.08. The summed E-state index contributed by atoms with van der Waals surface area (Å²) in [4.78, 5) is 21.9. The second-order valence-corrected chi connectivity index (χ2v) is 8.10. The molecule has 0 aliphatic carbocycles. The van der Waals surface area contributed by atoms with Crippen LogP contribution in [0.3, 0.4) is 0 Å². The third kappa shape index (κ3) is 7.08. The Hall–Kier alpha value is -1.95. The normalized spacial score (nSPS) is 15.6. The van der Waals surface area contributed by atoms with E-state index in [-0.39, 0.29) is 29.4 Å². The number of rotatable bonds is 6. The molecule has 1 fully saturated rings. The lowest BCUT2D eigenvalue weighted by atomic mass is 9.94. The van der Waals surface area contributed by atoms with Crippen LogP contribution in [0.5, 0.6) is 0 Å². The average Bonchev–Trinajstić information content (AvgIpc) is 3.21. The monoisotopic (exact) mass is 528 g/mol. The van der Waals surface area contributed by atoms with Crippen molar-refractivity contribution in [3.8, 4) is 0 Å². The topological polar surface area (TPSA) is 94.7 Å². The molecular formula is C20H33IN8O. The van der Waals surface area contributed by atoms with Crippen molar-refractivity contribution in [3.05, 3.63) is 36.3 Å². The van der Waals surface area contributed by atoms with E-state index >= 15 is 0 Å². The van der Waals surface area contributed by atoms with E-state index in [1.165, 1.54) is 0 Å². The van der Waals surface area contributed by atoms with Crippen molar-refractivity contribution in [2.45, 2.75) is 32.7 Å². The Morgan fingerprint density at radius 2 is 1.80 bits per heavy atom. The van der Waals surface area contributed by atoms with Crippen LogP contribution in [0.4, 0.5) is 5.95 Å². The Kier molecular flexibility index (Phi) is 9.28. The van der Waals surface area contributed by atoms with Gasteiger partial charge in [-0.25, -0.2) is 15.0 Å². The highest BCUT2D eigenvalue weighted by atomic mass is 127. The molecule has 0 saturated carbocycles. The summed E-state index contributed by atoms with van der Waals surface area (Å²) in [6, 6.07) is 1.85. The van der Waals surface area contributed by atoms with Crippen LogP contribution in [-0.4, -0.2) is 72.1 Å². The van der Waals surface area contributed by atoms with E-state index in [9.17, 15) is 0 Å². The minimum Gasteiger partial charge on any atom is -0.443 e. The Morgan fingerprint density at radius 3 is 2.40 bits per heavy atom. The molecule has 1 aliphatic rings. The van der Waals surface area contributed by atoms with E-state index in [4.69, 9.17) is 4.42 Å². The molecule has 30 heavy (non-hydrogen) atoms. The van der Waals surface area contributed by atoms with Gasteiger partial charge in [0.1, 0.15) is 5.76 Å². The summed E-state index contributed by atoms with van der Waals surface area (Å²) in [6.45, 7) is 12.5. The molecule has 2 aromatic rings. The van der Waals surface area contributed by atoms with Gasteiger partial charge in [0.2, 0.25) is 11.8 Å². The molecule has 2 aromatic heterocycles. The second-order valence-electron chi connectivity index (χ2n) is 8.10. The lowest BCUT2D eigenvalue weighted by Crippen LogP contribution is -2.49. The number of halogens is 1. The summed E-state index contributed by atoms with van der Waals surface area (Å²) in [6.07, 6.45) is 5.38. The van der Waals surface area contributed by atoms with Crippen LogP contribution >= 0.6 is 24.0 Å². The van der Waals surface area contributed by atoms with Gasteiger partial charge in [0, 0.05) is 64.1 Å². The SMILES string of the molecule is CN=C(NCCN1CCN(c2ncccn2)CC1)NCc1ncc(C(C)(C)C)o1.I. The van der Waals surface area contributed by atoms with Crippen LogP contribution in [0.2, 0.25) is 0 Å². The Labute approximate surface area is 195 Å². The van der Waals surface area contributed by atoms with Crippen molar-refractivity contribution in [2.75, 3.05) is 51.2 Å². The van der Waals surface area contributed by atoms with E-state index in [1.54, 1.807) is 25.6 Å². The van der Waals surface area contributed by atoms with Crippen molar-refractivity contribution >= 4 is 35.9 Å². The minimum atomic E-state index is -0.0398. The summed E-state index contributed by atoms with van der Waals surface area (Å²) >= 11 is 0. The van der Waals surface area contributed by atoms with Crippen molar-refractivity contribution in [2.24, 2.45) is 4.99 Å². The van der Waals surface area contributed by atoms with Gasteiger partial charge in [-0.2, -0.15) is 0 Å². The Bertz CT molecular complexity index is 782. The van der Waals surface area contributed by atoms with Gasteiger partial charge in [0.25, 0.3) is 0 Å². The molecule has 1 saturated heterocycles. The summed E-state index contributed by atoms with van der Waals surface area (Å²) in [5.41, 5.74) is -0.0398. The van der Waals surface area contributed by atoms with Gasteiger partial charge in [0.15, 0.2) is 5.96 Å². The molecule has 1 aliphatic heterocycles. The molecule has 3 rings (SSSR count). The molecule has 0 bridgehead atoms. The highest BCUT2D eigenvalue weighted by Crippen LogP contribution is 2.22. The van der Waals surface area contributed by atoms with E-state index in [2.05, 4.69) is 61.1 Å². The maximum absolute atomic E-state index is 5.81. The summed E-state index contributed by atoms with van der Waals surface area (Å²) in [5.74, 6) is 3.11. The zero-order chi connectivity index (χ0) is 20.7. The maximum atomic E-state index is 5.81. The molecule has 0 spiro atoms. The van der Waals surface area contributed by atoms with Crippen LogP contribution in [0.1, 0.15) is 32.4 Å². The number of aliphatic imine (C=N–C) groups is 1.